The van der Waals surface area contributed by atoms with Gasteiger partial charge < -0.3 is 24.3 Å². The van der Waals surface area contributed by atoms with E-state index >= 15 is 0 Å². The van der Waals surface area contributed by atoms with Gasteiger partial charge in [0.1, 0.15) is 11.5 Å². The summed E-state index contributed by atoms with van der Waals surface area (Å²) in [5, 5.41) is 17.8. The summed E-state index contributed by atoms with van der Waals surface area (Å²) in [6.45, 7) is 4.11. The number of nitrogens with zero attached hydrogens (tertiary/aromatic N) is 5. The molecular weight excluding hydrogens is 550 g/mol. The van der Waals surface area contributed by atoms with Crippen molar-refractivity contribution in [2.24, 2.45) is 0 Å². The van der Waals surface area contributed by atoms with Crippen LogP contribution in [0.4, 0.5) is 0 Å². The minimum atomic E-state index is -0.208. The maximum Gasteiger partial charge on any atom is 0.253 e. The molecule has 0 spiro atoms. The number of carbonyl (C=O) groups excluding carboxylic acids is 1. The summed E-state index contributed by atoms with van der Waals surface area (Å²) < 4.78 is 22.7. The number of aryl methyl sites for hydroxylation is 2. The molecule has 0 radical (unpaired) electrons. The number of rotatable bonds is 9. The molecule has 0 fully saturated rings. The quantitative estimate of drug-likeness (QED) is 0.248. The van der Waals surface area contributed by atoms with Gasteiger partial charge in [-0.15, -0.1) is 10.2 Å². The van der Waals surface area contributed by atoms with Gasteiger partial charge in [0.2, 0.25) is 18.5 Å². The molecule has 2 aromatic carbocycles. The molecule has 1 amide bonds. The Kier molecular flexibility index (Phi) is 7.64. The monoisotopic (exact) mass is 577 g/mol. The number of benzene rings is 2. The first-order valence-electron chi connectivity index (χ1n) is 13.4. The lowest BCUT2D eigenvalue weighted by molar-refractivity contribution is 0.0957. The number of pyridine rings is 2. The average molecular weight is 578 g/mol. The zero-order valence-electron chi connectivity index (χ0n) is 23.6. The van der Waals surface area contributed by atoms with Crippen LogP contribution < -0.4 is 24.3 Å². The lowest BCUT2D eigenvalue weighted by Crippen LogP contribution is -2.24. The van der Waals surface area contributed by atoms with Crippen LogP contribution in [0.5, 0.6) is 28.9 Å². The molecule has 43 heavy (non-hydrogen) atoms. The van der Waals surface area contributed by atoms with E-state index in [-0.39, 0.29) is 25.1 Å². The molecule has 4 heterocycles. The molecule has 2 N–H and O–H groups in total. The third-order valence-corrected chi connectivity index (χ3v) is 6.81. The Hall–Kier alpha value is -5.78. The van der Waals surface area contributed by atoms with Gasteiger partial charge in [0.25, 0.3) is 5.91 Å². The number of H-pyrrole nitrogens is 1. The van der Waals surface area contributed by atoms with Crippen LogP contribution in [0.15, 0.2) is 66.9 Å². The van der Waals surface area contributed by atoms with Gasteiger partial charge in [-0.1, -0.05) is 24.3 Å². The number of amides is 1. The van der Waals surface area contributed by atoms with Crippen molar-refractivity contribution in [3.05, 3.63) is 89.4 Å². The first-order valence-corrected chi connectivity index (χ1v) is 13.4. The molecule has 0 unspecified atom stereocenters. The number of hydrogen-bond donors (Lipinski definition) is 2. The number of tetrazole rings is 1. The summed E-state index contributed by atoms with van der Waals surface area (Å²) in [5.41, 5.74) is 4.78. The molecule has 0 aliphatic carbocycles. The highest BCUT2D eigenvalue weighted by Crippen LogP contribution is 2.44. The van der Waals surface area contributed by atoms with E-state index in [1.807, 2.05) is 43.3 Å². The number of fused-ring (bicyclic) bond motifs is 1. The molecule has 12 heteroatoms. The average Bonchev–Trinajstić information content (AvgIpc) is 3.72. The summed E-state index contributed by atoms with van der Waals surface area (Å²) in [5.74, 6) is 2.79. The third-order valence-electron chi connectivity index (χ3n) is 6.81. The number of nitrogens with one attached hydrogen (secondary N) is 2. The molecule has 1 aliphatic heterocycles. The van der Waals surface area contributed by atoms with Crippen molar-refractivity contribution in [3.8, 4) is 51.4 Å². The van der Waals surface area contributed by atoms with E-state index < -0.39 is 0 Å². The summed E-state index contributed by atoms with van der Waals surface area (Å²) in [4.78, 5) is 21.7. The Morgan fingerprint density at radius 3 is 2.60 bits per heavy atom. The Balaban J connectivity index is 1.42. The SMILES string of the molecule is COc1ccc(-c2c(C=CCNC(=O)c3cccnc3C)c(C)nc(Oc3ccc4c(c3)OCO4)c2-c2nn[nH]n2)cc1. The zero-order valence-corrected chi connectivity index (χ0v) is 23.6. The van der Waals surface area contributed by atoms with Crippen molar-refractivity contribution in [3.63, 3.8) is 0 Å². The smallest absolute Gasteiger partial charge is 0.253 e. The molecule has 0 saturated heterocycles. The van der Waals surface area contributed by atoms with Gasteiger partial charge >= 0.3 is 0 Å². The summed E-state index contributed by atoms with van der Waals surface area (Å²) in [6.07, 6.45) is 5.43. The summed E-state index contributed by atoms with van der Waals surface area (Å²) >= 11 is 0. The van der Waals surface area contributed by atoms with Crippen molar-refractivity contribution < 1.29 is 23.7 Å². The van der Waals surface area contributed by atoms with Crippen molar-refractivity contribution >= 4 is 12.0 Å². The topological polar surface area (TPSA) is 146 Å². The largest absolute Gasteiger partial charge is 0.497 e. The fourth-order valence-corrected chi connectivity index (χ4v) is 4.70. The minimum absolute atomic E-state index is 0.148. The minimum Gasteiger partial charge on any atom is -0.497 e. The molecule has 3 aromatic heterocycles. The highest BCUT2D eigenvalue weighted by Gasteiger charge is 2.25. The molecule has 216 valence electrons. The second kappa shape index (κ2) is 12.0. The molecular formula is C31H27N7O5. The predicted molar refractivity (Wildman–Crippen MR) is 157 cm³/mol. The Morgan fingerprint density at radius 1 is 1.02 bits per heavy atom. The van der Waals surface area contributed by atoms with Gasteiger partial charge in [0, 0.05) is 41.3 Å². The number of methoxy groups -OCH3 is 1. The van der Waals surface area contributed by atoms with Crippen LogP contribution in [-0.4, -0.2) is 56.9 Å². The highest BCUT2D eigenvalue weighted by molar-refractivity contribution is 5.95. The number of ether oxygens (including phenoxy) is 4. The van der Waals surface area contributed by atoms with Crippen molar-refractivity contribution in [1.82, 2.24) is 35.9 Å². The predicted octanol–water partition coefficient (Wildman–Crippen LogP) is 4.91. The van der Waals surface area contributed by atoms with Crippen molar-refractivity contribution in [2.75, 3.05) is 20.4 Å². The van der Waals surface area contributed by atoms with Gasteiger partial charge in [-0.2, -0.15) is 5.21 Å². The summed E-state index contributed by atoms with van der Waals surface area (Å²) in [6, 6.07) is 16.4. The molecule has 0 saturated carbocycles. The molecule has 1 aliphatic rings. The van der Waals surface area contributed by atoms with E-state index in [4.69, 9.17) is 23.9 Å². The van der Waals surface area contributed by atoms with Gasteiger partial charge in [-0.25, -0.2) is 4.98 Å². The molecule has 5 aromatic rings. The van der Waals surface area contributed by atoms with E-state index in [0.29, 0.717) is 51.3 Å². The van der Waals surface area contributed by atoms with E-state index in [9.17, 15) is 4.79 Å². The number of carbonyl (C=O) groups is 1. The standard InChI is InChI=1S/C31H27N7O5/c1-18-24(7-5-14-32-18)30(39)33-15-4-6-23-19(2)34-31(43-22-12-13-25-26(16-22)42-17-41-25)28(29-35-37-38-36-29)27(23)20-8-10-21(40-3)11-9-20/h4-14,16H,15,17H2,1-3H3,(H,33,39)(H,35,36,37,38). The fourth-order valence-electron chi connectivity index (χ4n) is 4.70. The maximum atomic E-state index is 12.7. The van der Waals surface area contributed by atoms with Crippen LogP contribution in [0.25, 0.3) is 28.6 Å². The van der Waals surface area contributed by atoms with Crippen molar-refractivity contribution in [2.45, 2.75) is 13.8 Å². The molecule has 12 nitrogen and oxygen atoms in total. The molecule has 0 atom stereocenters. The lowest BCUT2D eigenvalue weighted by atomic mass is 9.93. The second-order valence-electron chi connectivity index (χ2n) is 9.50. The Labute approximate surface area is 246 Å². The Bertz CT molecular complexity index is 1800. The van der Waals surface area contributed by atoms with E-state index in [1.54, 1.807) is 50.6 Å². The van der Waals surface area contributed by atoms with Crippen LogP contribution in [0.3, 0.4) is 0 Å². The van der Waals surface area contributed by atoms with Crippen molar-refractivity contribution in [1.29, 1.82) is 0 Å². The van der Waals surface area contributed by atoms with E-state index in [0.717, 1.165) is 16.7 Å². The van der Waals surface area contributed by atoms with Gasteiger partial charge in [0.05, 0.1) is 18.2 Å². The number of aromatic nitrogens is 6. The third kappa shape index (κ3) is 5.71. The van der Waals surface area contributed by atoms with Crippen LogP contribution in [-0.2, 0) is 0 Å². The van der Waals surface area contributed by atoms with Crippen LogP contribution in [0, 0.1) is 13.8 Å². The number of aromatic amines is 1. The number of hydrogen-bond acceptors (Lipinski definition) is 10. The van der Waals surface area contributed by atoms with E-state index in [1.165, 1.54) is 0 Å². The zero-order chi connectivity index (χ0) is 29.8. The van der Waals surface area contributed by atoms with Gasteiger partial charge in [0.15, 0.2) is 11.5 Å². The first-order chi connectivity index (χ1) is 21.0. The normalized spacial score (nSPS) is 12.0. The van der Waals surface area contributed by atoms with Gasteiger partial charge in [-0.05, 0) is 61.0 Å². The Morgan fingerprint density at radius 2 is 1.84 bits per heavy atom. The van der Waals surface area contributed by atoms with E-state index in [2.05, 4.69) is 30.9 Å². The van der Waals surface area contributed by atoms with Gasteiger partial charge in [-0.3, -0.25) is 9.78 Å². The summed E-state index contributed by atoms with van der Waals surface area (Å²) in [7, 11) is 1.61. The second-order valence-corrected chi connectivity index (χ2v) is 9.50. The highest BCUT2D eigenvalue weighted by atomic mass is 16.7. The van der Waals surface area contributed by atoms with Crippen LogP contribution in [0.1, 0.15) is 27.3 Å². The fraction of sp³-hybridized carbons (Fsp3) is 0.161. The maximum absolute atomic E-state index is 12.7. The first kappa shape index (κ1) is 27.4. The molecule has 0 bridgehead atoms. The van der Waals surface area contributed by atoms with Crippen LogP contribution >= 0.6 is 0 Å². The lowest BCUT2D eigenvalue weighted by Gasteiger charge is -2.18. The van der Waals surface area contributed by atoms with Crippen LogP contribution in [0.2, 0.25) is 0 Å². The molecule has 6 rings (SSSR count).